The maximum atomic E-state index is 11.5. The van der Waals surface area contributed by atoms with E-state index < -0.39 is 0 Å². The van der Waals surface area contributed by atoms with Gasteiger partial charge < -0.3 is 0 Å². The third kappa shape index (κ3) is 3.39. The predicted molar refractivity (Wildman–Crippen MR) is 79.3 cm³/mol. The second kappa shape index (κ2) is 6.51. The van der Waals surface area contributed by atoms with E-state index in [1.165, 1.54) is 0 Å². The molecule has 2 aliphatic rings. The van der Waals surface area contributed by atoms with E-state index in [2.05, 4.69) is 10.6 Å². The van der Waals surface area contributed by atoms with Gasteiger partial charge in [0.25, 0.3) is 11.8 Å². The van der Waals surface area contributed by atoms with Gasteiger partial charge in [0.2, 0.25) is 11.8 Å². The van der Waals surface area contributed by atoms with Crippen molar-refractivity contribution in [2.75, 3.05) is 0 Å². The Hall–Kier alpha value is -2.50. The van der Waals surface area contributed by atoms with Gasteiger partial charge >= 0.3 is 0 Å². The summed E-state index contributed by atoms with van der Waals surface area (Å²) in [7, 11) is 0. The minimum Gasteiger partial charge on any atom is -0.296 e. The van der Waals surface area contributed by atoms with E-state index in [0.717, 1.165) is 5.56 Å². The fourth-order valence-corrected chi connectivity index (χ4v) is 2.42. The highest BCUT2D eigenvalue weighted by Crippen LogP contribution is 2.25. The van der Waals surface area contributed by atoms with Gasteiger partial charge in [-0.3, -0.25) is 29.8 Å². The molecule has 0 atom stereocenters. The number of hydrogen-bond acceptors (Lipinski definition) is 4. The van der Waals surface area contributed by atoms with Gasteiger partial charge in [-0.15, -0.1) is 0 Å². The van der Waals surface area contributed by atoms with Crippen molar-refractivity contribution in [2.24, 2.45) is 0 Å². The first-order valence-corrected chi connectivity index (χ1v) is 7.21. The summed E-state index contributed by atoms with van der Waals surface area (Å²) in [5.74, 6) is -0.578. The Bertz CT molecular complexity index is 636. The van der Waals surface area contributed by atoms with E-state index >= 15 is 0 Å². The lowest BCUT2D eigenvalue weighted by molar-refractivity contribution is -0.132. The zero-order valence-corrected chi connectivity index (χ0v) is 12.6. The summed E-state index contributed by atoms with van der Waals surface area (Å²) in [6.07, 6.45) is 1.72. The first-order valence-electron chi connectivity index (χ1n) is 7.21. The minimum absolute atomic E-state index is 0.138. The summed E-state index contributed by atoms with van der Waals surface area (Å²) in [6.45, 7) is 4.01. The molecule has 116 valence electrons. The highest BCUT2D eigenvalue weighted by molar-refractivity contribution is 6.22. The van der Waals surface area contributed by atoms with Crippen molar-refractivity contribution in [3.05, 3.63) is 34.9 Å². The van der Waals surface area contributed by atoms with E-state index in [1.807, 2.05) is 26.0 Å². The lowest BCUT2D eigenvalue weighted by Gasteiger charge is -2.08. The molecule has 6 nitrogen and oxygen atoms in total. The van der Waals surface area contributed by atoms with Crippen molar-refractivity contribution < 1.29 is 19.2 Å². The largest absolute Gasteiger partial charge is 0.296 e. The Labute approximate surface area is 128 Å². The molecular formula is C16H18N2O4. The normalized spacial score (nSPS) is 16.7. The Morgan fingerprint density at radius 2 is 1.55 bits per heavy atom. The van der Waals surface area contributed by atoms with Crippen LogP contribution in [-0.2, 0) is 9.59 Å². The molecule has 0 saturated carbocycles. The van der Waals surface area contributed by atoms with Gasteiger partial charge in [0, 0.05) is 12.8 Å². The Kier molecular flexibility index (Phi) is 4.70. The summed E-state index contributed by atoms with van der Waals surface area (Å²) >= 11 is 0. The number of piperidine rings is 1. The number of fused-ring (bicyclic) bond motifs is 1. The third-order valence-electron chi connectivity index (χ3n) is 3.50. The monoisotopic (exact) mass is 302 g/mol. The van der Waals surface area contributed by atoms with E-state index in [-0.39, 0.29) is 29.5 Å². The van der Waals surface area contributed by atoms with Gasteiger partial charge in [-0.25, -0.2) is 0 Å². The quantitative estimate of drug-likeness (QED) is 0.769. The van der Waals surface area contributed by atoms with Gasteiger partial charge in [0.05, 0.1) is 11.1 Å². The number of nitrogens with one attached hydrogen (secondary N) is 2. The molecule has 4 amide bonds. The molecule has 0 radical (unpaired) electrons. The number of amides is 4. The van der Waals surface area contributed by atoms with Crippen molar-refractivity contribution in [3.8, 4) is 0 Å². The molecule has 0 spiro atoms. The number of carbonyl (C=O) groups is 4. The van der Waals surface area contributed by atoms with E-state index in [0.29, 0.717) is 30.4 Å². The first-order chi connectivity index (χ1) is 10.4. The van der Waals surface area contributed by atoms with Crippen molar-refractivity contribution in [1.82, 2.24) is 10.6 Å². The summed E-state index contributed by atoms with van der Waals surface area (Å²) in [5, 5.41) is 4.50. The Morgan fingerprint density at radius 1 is 0.909 bits per heavy atom. The van der Waals surface area contributed by atoms with Crippen LogP contribution in [0.15, 0.2) is 18.2 Å². The van der Waals surface area contributed by atoms with Crippen LogP contribution in [0, 0.1) is 0 Å². The highest BCUT2D eigenvalue weighted by atomic mass is 16.2. The van der Waals surface area contributed by atoms with Crippen LogP contribution in [0.4, 0.5) is 0 Å². The van der Waals surface area contributed by atoms with Crippen LogP contribution in [-0.4, -0.2) is 23.6 Å². The molecule has 1 fully saturated rings. The summed E-state index contributed by atoms with van der Waals surface area (Å²) < 4.78 is 0. The number of hydrogen-bond donors (Lipinski definition) is 2. The number of imide groups is 2. The molecule has 6 heteroatoms. The van der Waals surface area contributed by atoms with Gasteiger partial charge in [-0.1, -0.05) is 26.0 Å². The van der Waals surface area contributed by atoms with Crippen LogP contribution in [0.5, 0.6) is 0 Å². The van der Waals surface area contributed by atoms with Gasteiger partial charge in [-0.2, -0.15) is 0 Å². The van der Waals surface area contributed by atoms with Gasteiger partial charge in [-0.05, 0) is 24.0 Å². The predicted octanol–water partition coefficient (Wildman–Crippen LogP) is 1.51. The molecule has 0 aromatic heterocycles. The van der Waals surface area contributed by atoms with Crippen LogP contribution < -0.4 is 10.6 Å². The molecule has 0 aliphatic carbocycles. The molecule has 2 aliphatic heterocycles. The van der Waals surface area contributed by atoms with Gasteiger partial charge in [0.15, 0.2) is 0 Å². The minimum atomic E-state index is -0.285. The smallest absolute Gasteiger partial charge is 0.259 e. The molecule has 1 aromatic rings. The van der Waals surface area contributed by atoms with E-state index in [1.54, 1.807) is 6.07 Å². The molecule has 0 unspecified atom stereocenters. The van der Waals surface area contributed by atoms with Crippen LogP contribution in [0.2, 0.25) is 0 Å². The summed E-state index contributed by atoms with van der Waals surface area (Å²) in [5.41, 5.74) is 1.99. The maximum Gasteiger partial charge on any atom is 0.259 e. The molecule has 1 saturated heterocycles. The van der Waals surface area contributed by atoms with E-state index in [9.17, 15) is 19.2 Å². The zero-order valence-electron chi connectivity index (χ0n) is 12.6. The lowest BCUT2D eigenvalue weighted by atomic mass is 9.94. The van der Waals surface area contributed by atoms with Crippen molar-refractivity contribution in [1.29, 1.82) is 0 Å². The molecular weight excluding hydrogens is 284 g/mol. The van der Waals surface area contributed by atoms with Crippen LogP contribution in [0.3, 0.4) is 0 Å². The molecule has 1 aromatic carbocycles. The second-order valence-electron chi connectivity index (χ2n) is 5.53. The van der Waals surface area contributed by atoms with Crippen LogP contribution in [0.25, 0.3) is 0 Å². The standard InChI is InChI=1S/C11H11NO2.C5H7NO2/c1-6(2)7-4-3-5-8-9(7)11(14)12-10(8)13;7-4-2-1-3-5(8)6-4/h3-6H,1-2H3,(H,12,13,14);1-3H2,(H,6,7,8). The van der Waals surface area contributed by atoms with E-state index in [4.69, 9.17) is 0 Å². The third-order valence-corrected chi connectivity index (χ3v) is 3.50. The molecule has 2 N–H and O–H groups in total. The second-order valence-corrected chi connectivity index (χ2v) is 5.53. The Morgan fingerprint density at radius 3 is 2.05 bits per heavy atom. The molecule has 22 heavy (non-hydrogen) atoms. The molecule has 2 heterocycles. The molecule has 3 rings (SSSR count). The molecule has 0 bridgehead atoms. The zero-order chi connectivity index (χ0) is 16.3. The highest BCUT2D eigenvalue weighted by Gasteiger charge is 2.29. The maximum absolute atomic E-state index is 11.5. The van der Waals surface area contributed by atoms with Crippen molar-refractivity contribution in [3.63, 3.8) is 0 Å². The fourth-order valence-electron chi connectivity index (χ4n) is 2.42. The Balaban J connectivity index is 0.000000188. The van der Waals surface area contributed by atoms with Crippen LogP contribution >= 0.6 is 0 Å². The average Bonchev–Trinajstić information content (AvgIpc) is 2.74. The fraction of sp³-hybridized carbons (Fsp3) is 0.375. The number of benzene rings is 1. The lowest BCUT2D eigenvalue weighted by Crippen LogP contribution is -2.33. The number of rotatable bonds is 1. The van der Waals surface area contributed by atoms with Crippen molar-refractivity contribution >= 4 is 23.6 Å². The average molecular weight is 302 g/mol. The summed E-state index contributed by atoms with van der Waals surface area (Å²) in [4.78, 5) is 43.5. The van der Waals surface area contributed by atoms with Crippen molar-refractivity contribution in [2.45, 2.75) is 39.0 Å². The first kappa shape index (κ1) is 15.9. The van der Waals surface area contributed by atoms with Crippen LogP contribution in [0.1, 0.15) is 65.3 Å². The topological polar surface area (TPSA) is 92.3 Å². The number of carbonyl (C=O) groups excluding carboxylic acids is 4. The summed E-state index contributed by atoms with van der Waals surface area (Å²) in [6, 6.07) is 5.38. The SMILES string of the molecule is CC(C)c1cccc2c1C(=O)NC2=O.O=C1CCCC(=O)N1. The van der Waals surface area contributed by atoms with Gasteiger partial charge in [0.1, 0.15) is 0 Å².